The van der Waals surface area contributed by atoms with Gasteiger partial charge >= 0.3 is 0 Å². The molecule has 0 aromatic carbocycles. The van der Waals surface area contributed by atoms with Gasteiger partial charge in [-0.1, -0.05) is 11.6 Å². The van der Waals surface area contributed by atoms with Gasteiger partial charge in [0.1, 0.15) is 0 Å². The molecule has 1 aliphatic heterocycles. The molecule has 6 heteroatoms. The van der Waals surface area contributed by atoms with Gasteiger partial charge in [0.25, 0.3) is 5.91 Å². The molecule has 17 heavy (non-hydrogen) atoms. The predicted molar refractivity (Wildman–Crippen MR) is 67.6 cm³/mol. The number of nitrogens with one attached hydrogen (secondary N) is 1. The van der Waals surface area contributed by atoms with Crippen LogP contribution in [-0.2, 0) is 10.8 Å². The summed E-state index contributed by atoms with van der Waals surface area (Å²) in [6.07, 6.45) is 4.52. The highest BCUT2D eigenvalue weighted by atomic mass is 35.5. The summed E-state index contributed by atoms with van der Waals surface area (Å²) in [4.78, 5) is 15.8. The number of pyridine rings is 1. The Balaban J connectivity index is 1.98. The maximum atomic E-state index is 11.9. The van der Waals surface area contributed by atoms with E-state index in [0.717, 1.165) is 12.8 Å². The van der Waals surface area contributed by atoms with Crippen molar-refractivity contribution in [3.8, 4) is 0 Å². The Morgan fingerprint density at radius 1 is 1.47 bits per heavy atom. The summed E-state index contributed by atoms with van der Waals surface area (Å²) in [7, 11) is -0.714. The van der Waals surface area contributed by atoms with Crippen LogP contribution in [0.1, 0.15) is 23.2 Å². The van der Waals surface area contributed by atoms with Gasteiger partial charge < -0.3 is 5.32 Å². The average molecular weight is 273 g/mol. The third kappa shape index (κ3) is 3.26. The normalized spacial score (nSPS) is 24.3. The van der Waals surface area contributed by atoms with E-state index in [4.69, 9.17) is 11.6 Å². The molecular weight excluding hydrogens is 260 g/mol. The van der Waals surface area contributed by atoms with Crippen molar-refractivity contribution in [3.63, 3.8) is 0 Å². The molecule has 1 aliphatic rings. The first-order chi connectivity index (χ1) is 8.16. The fraction of sp³-hybridized carbons (Fsp3) is 0.455. The highest BCUT2D eigenvalue weighted by molar-refractivity contribution is 7.85. The van der Waals surface area contributed by atoms with Crippen LogP contribution in [0.15, 0.2) is 18.5 Å². The molecule has 1 saturated heterocycles. The first-order valence-electron chi connectivity index (χ1n) is 5.42. The molecule has 1 N–H and O–H groups in total. The zero-order valence-electron chi connectivity index (χ0n) is 9.19. The van der Waals surface area contributed by atoms with E-state index >= 15 is 0 Å². The second kappa shape index (κ2) is 5.60. The van der Waals surface area contributed by atoms with Crippen molar-refractivity contribution in [1.82, 2.24) is 10.3 Å². The topological polar surface area (TPSA) is 59.1 Å². The molecule has 2 heterocycles. The fourth-order valence-corrected chi connectivity index (χ4v) is 3.24. The van der Waals surface area contributed by atoms with Crippen LogP contribution in [-0.4, -0.2) is 32.6 Å². The lowest BCUT2D eigenvalue weighted by Crippen LogP contribution is -2.39. The van der Waals surface area contributed by atoms with Gasteiger partial charge in [-0.2, -0.15) is 0 Å². The van der Waals surface area contributed by atoms with Crippen LogP contribution >= 0.6 is 11.6 Å². The lowest BCUT2D eigenvalue weighted by Gasteiger charge is -2.22. The molecule has 0 spiro atoms. The highest BCUT2D eigenvalue weighted by Crippen LogP contribution is 2.15. The number of nitrogens with zero attached hydrogens (tertiary/aromatic N) is 1. The summed E-state index contributed by atoms with van der Waals surface area (Å²) in [6, 6.07) is 1.68. The van der Waals surface area contributed by atoms with Crippen LogP contribution in [0.4, 0.5) is 0 Å². The molecule has 0 saturated carbocycles. The molecular formula is C11H13ClN2O2S. The summed E-state index contributed by atoms with van der Waals surface area (Å²) in [5, 5.41) is 3.30. The van der Waals surface area contributed by atoms with E-state index in [1.54, 1.807) is 12.3 Å². The lowest BCUT2D eigenvalue weighted by atomic mass is 10.1. The summed E-state index contributed by atoms with van der Waals surface area (Å²) in [6.45, 7) is 0. The van der Waals surface area contributed by atoms with Gasteiger partial charge in [-0.05, 0) is 18.9 Å². The van der Waals surface area contributed by atoms with Crippen LogP contribution < -0.4 is 5.32 Å². The van der Waals surface area contributed by atoms with Crippen LogP contribution in [0.2, 0.25) is 5.02 Å². The van der Waals surface area contributed by atoms with Crippen molar-refractivity contribution in [2.45, 2.75) is 18.9 Å². The minimum absolute atomic E-state index is 0.0940. The smallest absolute Gasteiger partial charge is 0.254 e. The van der Waals surface area contributed by atoms with Crippen molar-refractivity contribution in [2.75, 3.05) is 11.5 Å². The van der Waals surface area contributed by atoms with Crippen molar-refractivity contribution < 1.29 is 9.00 Å². The summed E-state index contributed by atoms with van der Waals surface area (Å²) in [5.74, 6) is 1.11. The van der Waals surface area contributed by atoms with Gasteiger partial charge in [0.05, 0.1) is 10.6 Å². The molecule has 0 radical (unpaired) electrons. The fourth-order valence-electron chi connectivity index (χ4n) is 1.75. The van der Waals surface area contributed by atoms with Gasteiger partial charge in [-0.3, -0.25) is 14.0 Å². The summed E-state index contributed by atoms with van der Waals surface area (Å²) >= 11 is 5.91. The van der Waals surface area contributed by atoms with Gasteiger partial charge in [0.2, 0.25) is 0 Å². The maximum Gasteiger partial charge on any atom is 0.254 e. The number of hydrogen-bond acceptors (Lipinski definition) is 3. The van der Waals surface area contributed by atoms with Crippen molar-refractivity contribution in [3.05, 3.63) is 29.0 Å². The van der Waals surface area contributed by atoms with Crippen molar-refractivity contribution in [1.29, 1.82) is 0 Å². The van der Waals surface area contributed by atoms with Crippen LogP contribution in [0, 0.1) is 0 Å². The Labute approximate surface area is 107 Å². The minimum Gasteiger partial charge on any atom is -0.349 e. The molecule has 1 amide bonds. The zero-order valence-corrected chi connectivity index (χ0v) is 10.8. The molecule has 1 aromatic rings. The molecule has 4 nitrogen and oxygen atoms in total. The Morgan fingerprint density at radius 3 is 2.82 bits per heavy atom. The van der Waals surface area contributed by atoms with E-state index in [2.05, 4.69) is 10.3 Å². The molecule has 0 unspecified atom stereocenters. The van der Waals surface area contributed by atoms with Gasteiger partial charge in [0.15, 0.2) is 0 Å². The number of carbonyl (C=O) groups is 1. The monoisotopic (exact) mass is 272 g/mol. The number of rotatable bonds is 2. The van der Waals surface area contributed by atoms with Gasteiger partial charge in [0, 0.05) is 40.7 Å². The SMILES string of the molecule is O=C(NC1CCS(=O)CC1)c1cnccc1Cl. The van der Waals surface area contributed by atoms with E-state index in [1.165, 1.54) is 6.20 Å². The van der Waals surface area contributed by atoms with Crippen molar-refractivity contribution >= 4 is 28.3 Å². The van der Waals surface area contributed by atoms with E-state index in [-0.39, 0.29) is 11.9 Å². The molecule has 1 aromatic heterocycles. The average Bonchev–Trinajstić information content (AvgIpc) is 2.32. The Bertz CT molecular complexity index is 443. The standard InChI is InChI=1S/C11H13ClN2O2S/c12-10-1-4-13-7-9(10)11(15)14-8-2-5-17(16)6-3-8/h1,4,7-8H,2-3,5-6H2,(H,14,15). The third-order valence-electron chi connectivity index (χ3n) is 2.74. The molecule has 92 valence electrons. The Morgan fingerprint density at radius 2 is 2.18 bits per heavy atom. The van der Waals surface area contributed by atoms with E-state index in [9.17, 15) is 9.00 Å². The quantitative estimate of drug-likeness (QED) is 0.885. The number of hydrogen-bond donors (Lipinski definition) is 1. The molecule has 0 atom stereocenters. The van der Waals surface area contributed by atoms with Crippen LogP contribution in [0.3, 0.4) is 0 Å². The summed E-state index contributed by atoms with van der Waals surface area (Å²) in [5.41, 5.74) is 0.390. The first-order valence-corrected chi connectivity index (χ1v) is 7.29. The first kappa shape index (κ1) is 12.5. The second-order valence-corrected chi connectivity index (χ2v) is 6.05. The van der Waals surface area contributed by atoms with Gasteiger partial charge in [-0.25, -0.2) is 0 Å². The number of amides is 1. The lowest BCUT2D eigenvalue weighted by molar-refractivity contribution is 0.0934. The minimum atomic E-state index is -0.714. The van der Waals surface area contributed by atoms with Gasteiger partial charge in [-0.15, -0.1) is 0 Å². The van der Waals surface area contributed by atoms with Crippen molar-refractivity contribution in [2.24, 2.45) is 0 Å². The predicted octanol–water partition coefficient (Wildman–Crippen LogP) is 1.38. The Hall–Kier alpha value is -0.940. The number of aromatic nitrogens is 1. The molecule has 0 bridgehead atoms. The van der Waals surface area contributed by atoms with E-state index in [0.29, 0.717) is 22.1 Å². The van der Waals surface area contributed by atoms with Crippen LogP contribution in [0.25, 0.3) is 0 Å². The second-order valence-electron chi connectivity index (χ2n) is 3.95. The van der Waals surface area contributed by atoms with E-state index < -0.39 is 10.8 Å². The third-order valence-corrected chi connectivity index (χ3v) is 4.45. The highest BCUT2D eigenvalue weighted by Gasteiger charge is 2.20. The number of carbonyl (C=O) groups excluding carboxylic acids is 1. The molecule has 1 fully saturated rings. The number of halogens is 1. The summed E-state index contributed by atoms with van der Waals surface area (Å²) < 4.78 is 11.2. The van der Waals surface area contributed by atoms with E-state index in [1.807, 2.05) is 0 Å². The molecule has 0 aliphatic carbocycles. The zero-order chi connectivity index (χ0) is 12.3. The largest absolute Gasteiger partial charge is 0.349 e. The maximum absolute atomic E-state index is 11.9. The van der Waals surface area contributed by atoms with Crippen LogP contribution in [0.5, 0.6) is 0 Å². The molecule has 2 rings (SSSR count). The Kier molecular flexibility index (Phi) is 4.12.